The van der Waals surface area contributed by atoms with Gasteiger partial charge in [-0.05, 0) is 18.2 Å². The van der Waals surface area contributed by atoms with Crippen LogP contribution in [0.2, 0.25) is 0 Å². The zero-order chi connectivity index (χ0) is 13.8. The SMILES string of the molecule is CC(=O)NCCNc1ccc(N)c(C(F)(F)F)c1. The second-order valence-electron chi connectivity index (χ2n) is 3.71. The van der Waals surface area contributed by atoms with E-state index in [4.69, 9.17) is 5.73 Å². The van der Waals surface area contributed by atoms with Gasteiger partial charge in [-0.2, -0.15) is 13.2 Å². The summed E-state index contributed by atoms with van der Waals surface area (Å²) < 4.78 is 37.7. The highest BCUT2D eigenvalue weighted by atomic mass is 19.4. The quantitative estimate of drug-likeness (QED) is 0.572. The Morgan fingerprint density at radius 1 is 1.33 bits per heavy atom. The van der Waals surface area contributed by atoms with Crippen molar-refractivity contribution in [3.05, 3.63) is 23.8 Å². The van der Waals surface area contributed by atoms with E-state index in [0.29, 0.717) is 18.8 Å². The van der Waals surface area contributed by atoms with Crippen LogP contribution in [0.3, 0.4) is 0 Å². The summed E-state index contributed by atoms with van der Waals surface area (Å²) in [5.74, 6) is -0.190. The smallest absolute Gasteiger partial charge is 0.398 e. The molecular weight excluding hydrogens is 247 g/mol. The summed E-state index contributed by atoms with van der Waals surface area (Å²) >= 11 is 0. The minimum Gasteiger partial charge on any atom is -0.398 e. The third-order valence-electron chi connectivity index (χ3n) is 2.19. The van der Waals surface area contributed by atoms with E-state index in [1.165, 1.54) is 19.1 Å². The van der Waals surface area contributed by atoms with Crippen LogP contribution in [-0.4, -0.2) is 19.0 Å². The van der Waals surface area contributed by atoms with Crippen LogP contribution in [0.25, 0.3) is 0 Å². The van der Waals surface area contributed by atoms with Gasteiger partial charge in [0.05, 0.1) is 5.56 Å². The zero-order valence-electron chi connectivity index (χ0n) is 9.77. The molecule has 0 atom stereocenters. The van der Waals surface area contributed by atoms with Crippen LogP contribution in [0, 0.1) is 0 Å². The fraction of sp³-hybridized carbons (Fsp3) is 0.364. The molecule has 1 aromatic rings. The summed E-state index contributed by atoms with van der Waals surface area (Å²) in [6.45, 7) is 2.03. The largest absolute Gasteiger partial charge is 0.418 e. The van der Waals surface area contributed by atoms with E-state index in [9.17, 15) is 18.0 Å². The number of anilines is 2. The Labute approximate surface area is 102 Å². The second kappa shape index (κ2) is 5.61. The molecule has 7 heteroatoms. The molecule has 0 fully saturated rings. The topological polar surface area (TPSA) is 67.2 Å². The Hall–Kier alpha value is -1.92. The number of rotatable bonds is 4. The van der Waals surface area contributed by atoms with Gasteiger partial charge in [0.25, 0.3) is 0 Å². The predicted molar refractivity (Wildman–Crippen MR) is 63.0 cm³/mol. The summed E-state index contributed by atoms with van der Waals surface area (Å²) in [6, 6.07) is 3.60. The lowest BCUT2D eigenvalue weighted by Gasteiger charge is -2.13. The van der Waals surface area contributed by atoms with Crippen molar-refractivity contribution in [1.82, 2.24) is 5.32 Å². The van der Waals surface area contributed by atoms with Gasteiger partial charge in [-0.3, -0.25) is 4.79 Å². The normalized spacial score (nSPS) is 11.1. The van der Waals surface area contributed by atoms with Crippen molar-refractivity contribution >= 4 is 17.3 Å². The molecule has 0 spiro atoms. The number of nitrogens with one attached hydrogen (secondary N) is 2. The average Bonchev–Trinajstić information content (AvgIpc) is 2.24. The van der Waals surface area contributed by atoms with Gasteiger partial charge in [0, 0.05) is 31.4 Å². The molecule has 0 unspecified atom stereocenters. The van der Waals surface area contributed by atoms with Crippen molar-refractivity contribution in [2.75, 3.05) is 24.1 Å². The number of hydrogen-bond donors (Lipinski definition) is 3. The maximum Gasteiger partial charge on any atom is 0.418 e. The standard InChI is InChI=1S/C11H14F3N3O/c1-7(18)16-4-5-17-8-2-3-10(15)9(6-8)11(12,13)14/h2-3,6,17H,4-5,15H2,1H3,(H,16,18). The average molecular weight is 261 g/mol. The first-order chi connectivity index (χ1) is 8.30. The minimum absolute atomic E-state index is 0.190. The molecule has 0 bridgehead atoms. The Morgan fingerprint density at radius 2 is 2.00 bits per heavy atom. The Morgan fingerprint density at radius 3 is 2.56 bits per heavy atom. The molecule has 0 aliphatic rings. The number of nitrogens with two attached hydrogens (primary N) is 1. The van der Waals surface area contributed by atoms with E-state index in [1.54, 1.807) is 0 Å². The van der Waals surface area contributed by atoms with E-state index in [2.05, 4.69) is 10.6 Å². The second-order valence-corrected chi connectivity index (χ2v) is 3.71. The lowest BCUT2D eigenvalue weighted by Crippen LogP contribution is -2.26. The number of hydrogen-bond acceptors (Lipinski definition) is 3. The summed E-state index contributed by atoms with van der Waals surface area (Å²) in [5.41, 5.74) is 4.39. The predicted octanol–water partition coefficient (Wildman–Crippen LogP) is 1.84. The molecule has 1 rings (SSSR count). The zero-order valence-corrected chi connectivity index (χ0v) is 9.77. The van der Waals surface area contributed by atoms with Gasteiger partial charge in [0.2, 0.25) is 5.91 Å². The van der Waals surface area contributed by atoms with Gasteiger partial charge >= 0.3 is 6.18 Å². The molecule has 0 radical (unpaired) electrons. The van der Waals surface area contributed by atoms with Gasteiger partial charge in [-0.15, -0.1) is 0 Å². The van der Waals surface area contributed by atoms with Crippen LogP contribution in [0.4, 0.5) is 24.5 Å². The van der Waals surface area contributed by atoms with Gasteiger partial charge < -0.3 is 16.4 Å². The van der Waals surface area contributed by atoms with Crippen LogP contribution in [0.15, 0.2) is 18.2 Å². The summed E-state index contributed by atoms with van der Waals surface area (Å²) in [7, 11) is 0. The summed E-state index contributed by atoms with van der Waals surface area (Å²) in [6.07, 6.45) is -4.47. The molecule has 0 heterocycles. The number of amides is 1. The summed E-state index contributed by atoms with van der Waals surface area (Å²) in [4.78, 5) is 10.6. The van der Waals surface area contributed by atoms with Crippen molar-refractivity contribution in [3.8, 4) is 0 Å². The monoisotopic (exact) mass is 261 g/mol. The van der Waals surface area contributed by atoms with Gasteiger partial charge in [0.15, 0.2) is 0 Å². The van der Waals surface area contributed by atoms with Crippen molar-refractivity contribution in [2.45, 2.75) is 13.1 Å². The van der Waals surface area contributed by atoms with Crippen LogP contribution < -0.4 is 16.4 Å². The number of halogens is 3. The maximum atomic E-state index is 12.6. The van der Waals surface area contributed by atoms with Crippen LogP contribution in [-0.2, 0) is 11.0 Å². The maximum absolute atomic E-state index is 12.6. The molecule has 0 saturated heterocycles. The van der Waals surface area contributed by atoms with E-state index < -0.39 is 11.7 Å². The third-order valence-corrected chi connectivity index (χ3v) is 2.19. The molecule has 0 aliphatic carbocycles. The Kier molecular flexibility index (Phi) is 4.41. The number of nitrogen functional groups attached to an aromatic ring is 1. The molecule has 0 aliphatic heterocycles. The molecule has 1 amide bonds. The van der Waals surface area contributed by atoms with Crippen LogP contribution in [0.5, 0.6) is 0 Å². The fourth-order valence-corrected chi connectivity index (χ4v) is 1.36. The highest BCUT2D eigenvalue weighted by Crippen LogP contribution is 2.34. The highest BCUT2D eigenvalue weighted by Gasteiger charge is 2.33. The number of alkyl halides is 3. The van der Waals surface area contributed by atoms with Crippen molar-refractivity contribution in [2.24, 2.45) is 0 Å². The van der Waals surface area contributed by atoms with Crippen LogP contribution >= 0.6 is 0 Å². The lowest BCUT2D eigenvalue weighted by molar-refractivity contribution is -0.136. The lowest BCUT2D eigenvalue weighted by atomic mass is 10.1. The van der Waals surface area contributed by atoms with Crippen molar-refractivity contribution < 1.29 is 18.0 Å². The number of carbonyl (C=O) groups excluding carboxylic acids is 1. The van der Waals surface area contributed by atoms with Crippen molar-refractivity contribution in [3.63, 3.8) is 0 Å². The molecule has 4 nitrogen and oxygen atoms in total. The molecular formula is C11H14F3N3O. The van der Waals surface area contributed by atoms with Crippen LogP contribution in [0.1, 0.15) is 12.5 Å². The molecule has 18 heavy (non-hydrogen) atoms. The van der Waals surface area contributed by atoms with E-state index in [0.717, 1.165) is 6.07 Å². The van der Waals surface area contributed by atoms with Gasteiger partial charge in [-0.1, -0.05) is 0 Å². The molecule has 4 N–H and O–H groups in total. The highest BCUT2D eigenvalue weighted by molar-refractivity contribution is 5.72. The molecule has 0 saturated carbocycles. The first-order valence-electron chi connectivity index (χ1n) is 5.25. The summed E-state index contributed by atoms with van der Waals surface area (Å²) in [5, 5.41) is 5.29. The third kappa shape index (κ3) is 4.15. The first kappa shape index (κ1) is 14.1. The van der Waals surface area contributed by atoms with E-state index in [-0.39, 0.29) is 11.6 Å². The molecule has 100 valence electrons. The number of benzene rings is 1. The van der Waals surface area contributed by atoms with Gasteiger partial charge in [0.1, 0.15) is 0 Å². The van der Waals surface area contributed by atoms with E-state index >= 15 is 0 Å². The Bertz CT molecular complexity index is 432. The van der Waals surface area contributed by atoms with E-state index in [1.807, 2.05) is 0 Å². The molecule has 1 aromatic carbocycles. The first-order valence-corrected chi connectivity index (χ1v) is 5.25. The van der Waals surface area contributed by atoms with Gasteiger partial charge in [-0.25, -0.2) is 0 Å². The van der Waals surface area contributed by atoms with Crippen molar-refractivity contribution in [1.29, 1.82) is 0 Å². The number of carbonyl (C=O) groups is 1. The minimum atomic E-state index is -4.47. The fourth-order valence-electron chi connectivity index (χ4n) is 1.36. The molecule has 0 aromatic heterocycles. The Balaban J connectivity index is 2.65.